The molecule has 176 valence electrons. The molecule has 33 heavy (non-hydrogen) atoms. The van der Waals surface area contributed by atoms with Gasteiger partial charge in [0.1, 0.15) is 11.6 Å². The van der Waals surface area contributed by atoms with Gasteiger partial charge in [0, 0.05) is 30.7 Å². The van der Waals surface area contributed by atoms with Gasteiger partial charge in [0.15, 0.2) is 0 Å². The minimum atomic E-state index is -0.295. The normalized spacial score (nSPS) is 11.6. The van der Waals surface area contributed by atoms with Crippen molar-refractivity contribution < 1.29 is 9.18 Å². The van der Waals surface area contributed by atoms with E-state index in [2.05, 4.69) is 55.3 Å². The number of anilines is 2. The highest BCUT2D eigenvalue weighted by Gasteiger charge is 2.19. The maximum Gasteiger partial charge on any atom is 0.257 e. The van der Waals surface area contributed by atoms with E-state index >= 15 is 0 Å². The first-order valence-corrected chi connectivity index (χ1v) is 11.4. The predicted octanol–water partition coefficient (Wildman–Crippen LogP) is 5.45. The Kier molecular flexibility index (Phi) is 7.51. The quantitative estimate of drug-likeness (QED) is 0.478. The van der Waals surface area contributed by atoms with E-state index in [-0.39, 0.29) is 17.3 Å². The van der Waals surface area contributed by atoms with Crippen LogP contribution in [0.5, 0.6) is 0 Å². The lowest BCUT2D eigenvalue weighted by molar-refractivity contribution is 0.102. The second-order valence-corrected chi connectivity index (χ2v) is 9.75. The van der Waals surface area contributed by atoms with Crippen LogP contribution < -0.4 is 10.6 Å². The van der Waals surface area contributed by atoms with Crippen LogP contribution in [0.25, 0.3) is 0 Å². The number of rotatable bonds is 8. The van der Waals surface area contributed by atoms with Crippen LogP contribution in [0, 0.1) is 11.7 Å². The number of nitrogens with zero attached hydrogens (tertiary/aromatic N) is 3. The van der Waals surface area contributed by atoms with Crippen molar-refractivity contribution >= 4 is 17.4 Å². The van der Waals surface area contributed by atoms with Crippen molar-refractivity contribution in [2.45, 2.75) is 59.4 Å². The van der Waals surface area contributed by atoms with Gasteiger partial charge in [0.25, 0.3) is 5.91 Å². The number of aromatic nitrogens is 3. The summed E-state index contributed by atoms with van der Waals surface area (Å²) in [7, 11) is 1.86. The van der Waals surface area contributed by atoms with Crippen LogP contribution in [0.1, 0.15) is 61.9 Å². The maximum absolute atomic E-state index is 14.5. The van der Waals surface area contributed by atoms with E-state index in [1.165, 1.54) is 6.07 Å². The molecule has 0 fully saturated rings. The SMILES string of the molecule is CNc1cc(CCc2cc(NC(=O)c3ccc(CC(C)C)nc3)ccc2F)nn1C(C)(C)C. The topological polar surface area (TPSA) is 71.8 Å². The van der Waals surface area contributed by atoms with Crippen molar-refractivity contribution in [2.24, 2.45) is 5.92 Å². The second-order valence-electron chi connectivity index (χ2n) is 9.75. The van der Waals surface area contributed by atoms with Crippen LogP contribution in [-0.2, 0) is 24.8 Å². The molecule has 0 aliphatic carbocycles. The predicted molar refractivity (Wildman–Crippen MR) is 131 cm³/mol. The van der Waals surface area contributed by atoms with E-state index in [4.69, 9.17) is 0 Å². The highest BCUT2D eigenvalue weighted by atomic mass is 19.1. The average Bonchev–Trinajstić information content (AvgIpc) is 3.18. The van der Waals surface area contributed by atoms with E-state index in [1.807, 2.05) is 23.9 Å². The standard InChI is InChI=1S/C26H34FN5O/c1-17(2)13-20-9-8-19(16-29-20)25(33)30-21-11-12-23(27)18(14-21)7-10-22-15-24(28-6)32(31-22)26(3,4)5/h8-9,11-12,14-17,28H,7,10,13H2,1-6H3,(H,30,33). The Morgan fingerprint density at radius 2 is 1.85 bits per heavy atom. The molecule has 0 unspecified atom stereocenters. The Labute approximate surface area is 195 Å². The summed E-state index contributed by atoms with van der Waals surface area (Å²) in [6, 6.07) is 10.3. The summed E-state index contributed by atoms with van der Waals surface area (Å²) in [5.74, 6) is 0.865. The molecule has 0 aliphatic heterocycles. The fraction of sp³-hybridized carbons (Fsp3) is 0.423. The molecule has 0 bridgehead atoms. The third-order valence-corrected chi connectivity index (χ3v) is 5.31. The summed E-state index contributed by atoms with van der Waals surface area (Å²) in [5, 5.41) is 10.7. The summed E-state index contributed by atoms with van der Waals surface area (Å²) in [5.41, 5.74) is 3.25. The number of amides is 1. The monoisotopic (exact) mass is 451 g/mol. The summed E-state index contributed by atoms with van der Waals surface area (Å²) in [4.78, 5) is 17.0. The average molecular weight is 452 g/mol. The van der Waals surface area contributed by atoms with Gasteiger partial charge in [-0.2, -0.15) is 5.10 Å². The van der Waals surface area contributed by atoms with Crippen molar-refractivity contribution in [3.63, 3.8) is 0 Å². The number of aryl methyl sites for hydroxylation is 2. The second kappa shape index (κ2) is 10.1. The van der Waals surface area contributed by atoms with E-state index in [9.17, 15) is 9.18 Å². The van der Waals surface area contributed by atoms with Crippen molar-refractivity contribution in [1.29, 1.82) is 0 Å². The lowest BCUT2D eigenvalue weighted by Gasteiger charge is -2.21. The minimum absolute atomic E-state index is 0.159. The van der Waals surface area contributed by atoms with E-state index in [1.54, 1.807) is 24.4 Å². The van der Waals surface area contributed by atoms with Crippen molar-refractivity contribution in [2.75, 3.05) is 17.7 Å². The van der Waals surface area contributed by atoms with Crippen molar-refractivity contribution in [3.8, 4) is 0 Å². The number of hydrogen-bond acceptors (Lipinski definition) is 4. The molecule has 6 nitrogen and oxygen atoms in total. The molecule has 0 radical (unpaired) electrons. The van der Waals surface area contributed by atoms with Crippen LogP contribution >= 0.6 is 0 Å². The molecule has 7 heteroatoms. The zero-order chi connectivity index (χ0) is 24.2. The van der Waals surface area contributed by atoms with Gasteiger partial charge in [-0.25, -0.2) is 9.07 Å². The van der Waals surface area contributed by atoms with E-state index in [0.29, 0.717) is 35.6 Å². The molecule has 3 rings (SSSR count). The van der Waals surface area contributed by atoms with E-state index in [0.717, 1.165) is 23.6 Å². The van der Waals surface area contributed by atoms with Crippen LogP contribution in [0.15, 0.2) is 42.6 Å². The molecule has 0 saturated carbocycles. The molecule has 0 aliphatic rings. The largest absolute Gasteiger partial charge is 0.373 e. The molecule has 0 saturated heterocycles. The number of carbonyl (C=O) groups is 1. The number of carbonyl (C=O) groups excluding carboxylic acids is 1. The number of nitrogens with one attached hydrogen (secondary N) is 2. The Bertz CT molecular complexity index is 1100. The summed E-state index contributed by atoms with van der Waals surface area (Å²) in [6.45, 7) is 10.5. The summed E-state index contributed by atoms with van der Waals surface area (Å²) in [6.07, 6.45) is 3.52. The fourth-order valence-corrected chi connectivity index (χ4v) is 3.65. The maximum atomic E-state index is 14.5. The molecule has 2 heterocycles. The molecule has 0 atom stereocenters. The highest BCUT2D eigenvalue weighted by Crippen LogP contribution is 2.23. The third-order valence-electron chi connectivity index (χ3n) is 5.31. The lowest BCUT2D eigenvalue weighted by atomic mass is 10.1. The molecule has 3 aromatic rings. The van der Waals surface area contributed by atoms with Crippen LogP contribution in [0.2, 0.25) is 0 Å². The lowest BCUT2D eigenvalue weighted by Crippen LogP contribution is -2.24. The summed E-state index contributed by atoms with van der Waals surface area (Å²) < 4.78 is 16.4. The minimum Gasteiger partial charge on any atom is -0.373 e. The van der Waals surface area contributed by atoms with Crippen molar-refractivity contribution in [1.82, 2.24) is 14.8 Å². The van der Waals surface area contributed by atoms with Gasteiger partial charge >= 0.3 is 0 Å². The van der Waals surface area contributed by atoms with Gasteiger partial charge in [0.05, 0.1) is 16.8 Å². The zero-order valence-electron chi connectivity index (χ0n) is 20.4. The van der Waals surface area contributed by atoms with Crippen molar-refractivity contribution in [3.05, 3.63) is 70.9 Å². The Morgan fingerprint density at radius 1 is 1.09 bits per heavy atom. The number of benzene rings is 1. The van der Waals surface area contributed by atoms with Crippen LogP contribution in [-0.4, -0.2) is 27.7 Å². The summed E-state index contributed by atoms with van der Waals surface area (Å²) >= 11 is 0. The smallest absolute Gasteiger partial charge is 0.257 e. The zero-order valence-corrected chi connectivity index (χ0v) is 20.4. The van der Waals surface area contributed by atoms with Gasteiger partial charge in [-0.3, -0.25) is 9.78 Å². The number of halogens is 1. The molecule has 0 spiro atoms. The molecule has 1 aromatic carbocycles. The first kappa shape index (κ1) is 24.4. The van der Waals surface area contributed by atoms with E-state index < -0.39 is 0 Å². The molecule has 2 N–H and O–H groups in total. The Balaban J connectivity index is 1.68. The van der Waals surface area contributed by atoms with Crippen LogP contribution in [0.4, 0.5) is 15.9 Å². The van der Waals surface area contributed by atoms with Gasteiger partial charge in [0.2, 0.25) is 0 Å². The number of hydrogen-bond donors (Lipinski definition) is 2. The third kappa shape index (κ3) is 6.40. The Hall–Kier alpha value is -3.22. The molecular formula is C26H34FN5O. The molecule has 2 aromatic heterocycles. The number of pyridine rings is 1. The van der Waals surface area contributed by atoms with Gasteiger partial charge in [-0.05, 0) is 81.8 Å². The first-order chi connectivity index (χ1) is 15.6. The Morgan fingerprint density at radius 3 is 2.42 bits per heavy atom. The molecular weight excluding hydrogens is 417 g/mol. The van der Waals surface area contributed by atoms with Gasteiger partial charge in [-0.1, -0.05) is 13.8 Å². The first-order valence-electron chi connectivity index (χ1n) is 11.4. The van der Waals surface area contributed by atoms with Gasteiger partial charge < -0.3 is 10.6 Å². The fourth-order valence-electron chi connectivity index (χ4n) is 3.65. The van der Waals surface area contributed by atoms with Gasteiger partial charge in [-0.15, -0.1) is 0 Å². The molecule has 1 amide bonds. The highest BCUT2D eigenvalue weighted by molar-refractivity contribution is 6.04. The van der Waals surface area contributed by atoms with Crippen LogP contribution in [0.3, 0.4) is 0 Å².